The number of hydrogen-bond acceptors (Lipinski definition) is 3. The maximum absolute atomic E-state index is 11.6. The highest BCUT2D eigenvalue weighted by Crippen LogP contribution is 2.17. The van der Waals surface area contributed by atoms with E-state index < -0.39 is 0 Å². The van der Waals surface area contributed by atoms with E-state index in [0.29, 0.717) is 11.4 Å². The van der Waals surface area contributed by atoms with E-state index in [9.17, 15) is 9.59 Å². The molecule has 0 aromatic heterocycles. The summed E-state index contributed by atoms with van der Waals surface area (Å²) in [7, 11) is 0. The molecule has 0 radical (unpaired) electrons. The van der Waals surface area contributed by atoms with Gasteiger partial charge in [0.25, 0.3) is 5.91 Å². The predicted octanol–water partition coefficient (Wildman–Crippen LogP) is 1.94. The lowest BCUT2D eigenvalue weighted by Crippen LogP contribution is -2.43. The fraction of sp³-hybridized carbons (Fsp3) is 0.429. The van der Waals surface area contributed by atoms with E-state index in [0.717, 1.165) is 0 Å². The van der Waals surface area contributed by atoms with Crippen molar-refractivity contribution in [3.8, 4) is 5.75 Å². The molecule has 1 rings (SSSR count). The van der Waals surface area contributed by atoms with Crippen LogP contribution in [-0.4, -0.2) is 24.0 Å². The topological polar surface area (TPSA) is 67.4 Å². The van der Waals surface area contributed by atoms with Crippen LogP contribution in [0.15, 0.2) is 24.3 Å². The Hall–Kier alpha value is -2.04. The zero-order valence-electron chi connectivity index (χ0n) is 11.7. The predicted molar refractivity (Wildman–Crippen MR) is 74.1 cm³/mol. The molecule has 0 heterocycles. The maximum atomic E-state index is 11.6. The van der Waals surface area contributed by atoms with E-state index in [1.165, 1.54) is 6.92 Å². The van der Waals surface area contributed by atoms with Gasteiger partial charge in [-0.1, -0.05) is 6.07 Å². The number of rotatable bonds is 4. The van der Waals surface area contributed by atoms with E-state index in [2.05, 4.69) is 10.6 Å². The number of hydrogen-bond donors (Lipinski definition) is 2. The Kier molecular flexibility index (Phi) is 4.92. The fourth-order valence-electron chi connectivity index (χ4n) is 1.47. The summed E-state index contributed by atoms with van der Waals surface area (Å²) in [5.74, 6) is 0.204. The summed E-state index contributed by atoms with van der Waals surface area (Å²) in [6, 6.07) is 6.91. The van der Waals surface area contributed by atoms with E-state index >= 15 is 0 Å². The molecule has 0 aliphatic rings. The average Bonchev–Trinajstić information content (AvgIpc) is 2.23. The number of carbonyl (C=O) groups is 2. The monoisotopic (exact) mass is 264 g/mol. The van der Waals surface area contributed by atoms with Crippen LogP contribution in [0.2, 0.25) is 0 Å². The van der Waals surface area contributed by atoms with Gasteiger partial charge in [0, 0.05) is 24.2 Å². The Morgan fingerprint density at radius 3 is 2.53 bits per heavy atom. The SMILES string of the molecule is CC(=O)Nc1cccc(OCC(=O)NC(C)(C)C)c1. The molecular formula is C14H20N2O3. The number of anilines is 1. The van der Waals surface area contributed by atoms with Gasteiger partial charge in [-0.2, -0.15) is 0 Å². The molecule has 2 amide bonds. The fourth-order valence-corrected chi connectivity index (χ4v) is 1.47. The summed E-state index contributed by atoms with van der Waals surface area (Å²) < 4.78 is 5.37. The Balaban J connectivity index is 2.53. The van der Waals surface area contributed by atoms with Gasteiger partial charge in [-0.15, -0.1) is 0 Å². The van der Waals surface area contributed by atoms with Crippen molar-refractivity contribution in [2.45, 2.75) is 33.2 Å². The molecule has 5 heteroatoms. The van der Waals surface area contributed by atoms with E-state index in [1.807, 2.05) is 20.8 Å². The molecule has 0 atom stereocenters. The van der Waals surface area contributed by atoms with Crippen molar-refractivity contribution in [2.24, 2.45) is 0 Å². The van der Waals surface area contributed by atoms with Gasteiger partial charge in [0.2, 0.25) is 5.91 Å². The minimum atomic E-state index is -0.279. The lowest BCUT2D eigenvalue weighted by Gasteiger charge is -2.20. The average molecular weight is 264 g/mol. The standard InChI is InChI=1S/C14H20N2O3/c1-10(17)15-11-6-5-7-12(8-11)19-9-13(18)16-14(2,3)4/h5-8H,9H2,1-4H3,(H,15,17)(H,16,18). The molecule has 104 valence electrons. The lowest BCUT2D eigenvalue weighted by atomic mass is 10.1. The molecule has 0 aliphatic carbocycles. The van der Waals surface area contributed by atoms with Gasteiger partial charge < -0.3 is 15.4 Å². The first-order valence-electron chi connectivity index (χ1n) is 6.08. The van der Waals surface area contributed by atoms with Gasteiger partial charge in [-0.3, -0.25) is 9.59 Å². The van der Waals surface area contributed by atoms with Crippen LogP contribution in [-0.2, 0) is 9.59 Å². The Bertz CT molecular complexity index is 464. The van der Waals surface area contributed by atoms with Gasteiger partial charge >= 0.3 is 0 Å². The van der Waals surface area contributed by atoms with Crippen LogP contribution in [0.5, 0.6) is 5.75 Å². The first-order valence-corrected chi connectivity index (χ1v) is 6.08. The van der Waals surface area contributed by atoms with Crippen molar-refractivity contribution < 1.29 is 14.3 Å². The van der Waals surface area contributed by atoms with Crippen molar-refractivity contribution in [3.05, 3.63) is 24.3 Å². The first-order chi connectivity index (χ1) is 8.76. The molecule has 1 aromatic carbocycles. The zero-order valence-corrected chi connectivity index (χ0v) is 11.7. The minimum Gasteiger partial charge on any atom is -0.484 e. The molecule has 0 bridgehead atoms. The van der Waals surface area contributed by atoms with Gasteiger partial charge in [0.1, 0.15) is 5.75 Å². The van der Waals surface area contributed by atoms with Crippen molar-refractivity contribution in [3.63, 3.8) is 0 Å². The van der Waals surface area contributed by atoms with Gasteiger partial charge in [0.15, 0.2) is 6.61 Å². The summed E-state index contributed by atoms with van der Waals surface area (Å²) in [5.41, 5.74) is 0.361. The highest BCUT2D eigenvalue weighted by Gasteiger charge is 2.13. The molecule has 0 unspecified atom stereocenters. The van der Waals surface area contributed by atoms with Crippen molar-refractivity contribution in [1.29, 1.82) is 0 Å². The van der Waals surface area contributed by atoms with Crippen molar-refractivity contribution in [1.82, 2.24) is 5.32 Å². The van der Waals surface area contributed by atoms with Gasteiger partial charge in [-0.25, -0.2) is 0 Å². The van der Waals surface area contributed by atoms with Gasteiger partial charge in [0.05, 0.1) is 0 Å². The second-order valence-electron chi connectivity index (χ2n) is 5.30. The van der Waals surface area contributed by atoms with Crippen LogP contribution in [0.3, 0.4) is 0 Å². The molecule has 0 saturated carbocycles. The van der Waals surface area contributed by atoms with E-state index in [1.54, 1.807) is 24.3 Å². The highest BCUT2D eigenvalue weighted by atomic mass is 16.5. The normalized spacial score (nSPS) is 10.7. The van der Waals surface area contributed by atoms with Crippen molar-refractivity contribution >= 4 is 17.5 Å². The Morgan fingerprint density at radius 2 is 1.95 bits per heavy atom. The highest BCUT2D eigenvalue weighted by molar-refractivity contribution is 5.88. The second-order valence-corrected chi connectivity index (χ2v) is 5.30. The van der Waals surface area contributed by atoms with Crippen LogP contribution >= 0.6 is 0 Å². The van der Waals surface area contributed by atoms with E-state index in [4.69, 9.17) is 4.74 Å². The van der Waals surface area contributed by atoms with Crippen LogP contribution in [0, 0.1) is 0 Å². The van der Waals surface area contributed by atoms with Gasteiger partial charge in [-0.05, 0) is 32.9 Å². The molecule has 0 saturated heterocycles. The Morgan fingerprint density at radius 1 is 1.26 bits per heavy atom. The van der Waals surface area contributed by atoms with Crippen molar-refractivity contribution in [2.75, 3.05) is 11.9 Å². The van der Waals surface area contributed by atoms with E-state index in [-0.39, 0.29) is 24.0 Å². The smallest absolute Gasteiger partial charge is 0.258 e. The molecule has 2 N–H and O–H groups in total. The molecule has 1 aromatic rings. The van der Waals surface area contributed by atoms with Crippen LogP contribution in [0.25, 0.3) is 0 Å². The molecule has 0 fully saturated rings. The van der Waals surface area contributed by atoms with Crippen LogP contribution < -0.4 is 15.4 Å². The third-order valence-corrected chi connectivity index (χ3v) is 2.04. The summed E-state index contributed by atoms with van der Waals surface area (Å²) in [6.45, 7) is 7.10. The summed E-state index contributed by atoms with van der Waals surface area (Å²) in [6.07, 6.45) is 0. The summed E-state index contributed by atoms with van der Waals surface area (Å²) in [4.78, 5) is 22.5. The van der Waals surface area contributed by atoms with Crippen LogP contribution in [0.1, 0.15) is 27.7 Å². The summed E-state index contributed by atoms with van der Waals surface area (Å²) in [5, 5.41) is 5.45. The molecule has 5 nitrogen and oxygen atoms in total. The number of nitrogens with one attached hydrogen (secondary N) is 2. The maximum Gasteiger partial charge on any atom is 0.258 e. The molecular weight excluding hydrogens is 244 g/mol. The third-order valence-electron chi connectivity index (χ3n) is 2.04. The first kappa shape index (κ1) is 15.0. The Labute approximate surface area is 113 Å². The molecule has 19 heavy (non-hydrogen) atoms. The minimum absolute atomic E-state index is 0.0548. The zero-order chi connectivity index (χ0) is 14.5. The largest absolute Gasteiger partial charge is 0.484 e. The number of benzene rings is 1. The summed E-state index contributed by atoms with van der Waals surface area (Å²) >= 11 is 0. The molecule has 0 spiro atoms. The lowest BCUT2D eigenvalue weighted by molar-refractivity contribution is -0.124. The second kappa shape index (κ2) is 6.22. The number of ether oxygens (including phenoxy) is 1. The molecule has 0 aliphatic heterocycles. The van der Waals surface area contributed by atoms with Crippen LogP contribution in [0.4, 0.5) is 5.69 Å². The third kappa shape index (κ3) is 6.45. The quantitative estimate of drug-likeness (QED) is 0.873. The number of amides is 2. The number of carbonyl (C=O) groups excluding carboxylic acids is 2.